The Morgan fingerprint density at radius 3 is 2.42 bits per heavy atom. The Morgan fingerprint density at radius 1 is 1.08 bits per heavy atom. The van der Waals surface area contributed by atoms with Crippen molar-refractivity contribution in [3.8, 4) is 5.75 Å². The van der Waals surface area contributed by atoms with E-state index in [0.717, 1.165) is 67.7 Å². The Labute approximate surface area is 221 Å². The minimum absolute atomic E-state index is 0.166. The van der Waals surface area contributed by atoms with Gasteiger partial charge in [-0.2, -0.15) is 0 Å². The van der Waals surface area contributed by atoms with Crippen molar-refractivity contribution in [2.24, 2.45) is 5.92 Å². The number of thiophene rings is 2. The molecule has 0 saturated carbocycles. The van der Waals surface area contributed by atoms with Gasteiger partial charge in [-0.05, 0) is 40.9 Å². The molecule has 6 rings (SSSR count). The Bertz CT molecular complexity index is 1120. The molecule has 7 heteroatoms. The van der Waals surface area contributed by atoms with Crippen molar-refractivity contribution >= 4 is 28.6 Å². The summed E-state index contributed by atoms with van der Waals surface area (Å²) in [6, 6.07) is 15.5. The van der Waals surface area contributed by atoms with Gasteiger partial charge in [0.1, 0.15) is 12.3 Å². The molecule has 0 amide bonds. The molecule has 0 aliphatic carbocycles. The van der Waals surface area contributed by atoms with Crippen LogP contribution < -0.4 is 4.74 Å². The molecular formula is C29H34NO4S2+. The molecule has 3 aliphatic rings. The van der Waals surface area contributed by atoms with E-state index < -0.39 is 11.6 Å². The number of carbonyl (C=O) groups excluding carboxylic acids is 1. The van der Waals surface area contributed by atoms with E-state index in [4.69, 9.17) is 9.47 Å². The number of ether oxygens (including phenoxy) is 2. The van der Waals surface area contributed by atoms with E-state index in [-0.39, 0.29) is 6.10 Å². The number of hydrogen-bond acceptors (Lipinski definition) is 6. The van der Waals surface area contributed by atoms with Crippen LogP contribution in [0, 0.1) is 5.92 Å². The summed E-state index contributed by atoms with van der Waals surface area (Å²) in [5.74, 6) is 0.751. The van der Waals surface area contributed by atoms with E-state index in [1.165, 1.54) is 22.7 Å². The summed E-state index contributed by atoms with van der Waals surface area (Å²) in [6.07, 6.45) is 5.59. The number of aliphatic hydroxyl groups is 1. The zero-order chi connectivity index (χ0) is 25.0. The number of quaternary nitrogens is 1. The van der Waals surface area contributed by atoms with Gasteiger partial charge in [0, 0.05) is 25.2 Å². The Morgan fingerprint density at radius 2 is 1.78 bits per heavy atom. The van der Waals surface area contributed by atoms with E-state index in [0.29, 0.717) is 22.3 Å². The number of nitrogens with zero attached hydrogens (tertiary/aromatic N) is 1. The highest BCUT2D eigenvalue weighted by Crippen LogP contribution is 2.40. The molecule has 36 heavy (non-hydrogen) atoms. The lowest BCUT2D eigenvalue weighted by molar-refractivity contribution is -0.946. The Hall–Kier alpha value is -2.45. The van der Waals surface area contributed by atoms with Gasteiger partial charge < -0.3 is 19.1 Å². The summed E-state index contributed by atoms with van der Waals surface area (Å²) >= 11 is 2.76. The summed E-state index contributed by atoms with van der Waals surface area (Å²) in [4.78, 5) is 14.7. The number of rotatable bonds is 11. The van der Waals surface area contributed by atoms with Crippen LogP contribution >= 0.6 is 22.7 Å². The largest absolute Gasteiger partial charge is 0.493 e. The summed E-state index contributed by atoms with van der Waals surface area (Å²) in [7, 11) is 0. The van der Waals surface area contributed by atoms with Crippen molar-refractivity contribution in [1.29, 1.82) is 0 Å². The molecule has 3 aromatic rings. The minimum atomic E-state index is -1.74. The molecule has 1 N–H and O–H groups in total. The predicted octanol–water partition coefficient (Wildman–Crippen LogP) is 5.40. The van der Waals surface area contributed by atoms with Crippen LogP contribution in [0.25, 0.3) is 0 Å². The number of hydrogen-bond donors (Lipinski definition) is 1. The summed E-state index contributed by atoms with van der Waals surface area (Å²) < 4.78 is 13.2. The molecule has 2 bridgehead atoms. The monoisotopic (exact) mass is 524 g/mol. The maximum absolute atomic E-state index is 13.5. The smallest absolute Gasteiger partial charge is 0.349 e. The van der Waals surface area contributed by atoms with Crippen LogP contribution in [0.5, 0.6) is 5.75 Å². The van der Waals surface area contributed by atoms with Gasteiger partial charge in [0.25, 0.3) is 0 Å². The van der Waals surface area contributed by atoms with E-state index in [2.05, 4.69) is 12.6 Å². The van der Waals surface area contributed by atoms with Gasteiger partial charge in [-0.15, -0.1) is 29.3 Å². The molecule has 3 aliphatic heterocycles. The number of allylic oxidation sites excluding steroid dienone is 1. The fourth-order valence-corrected chi connectivity index (χ4v) is 7.45. The van der Waals surface area contributed by atoms with Gasteiger partial charge >= 0.3 is 5.97 Å². The van der Waals surface area contributed by atoms with E-state index in [9.17, 15) is 9.90 Å². The van der Waals surface area contributed by atoms with Crippen LogP contribution in [0.1, 0.15) is 34.6 Å². The van der Waals surface area contributed by atoms with Gasteiger partial charge in [0.2, 0.25) is 5.60 Å². The van der Waals surface area contributed by atoms with Crippen molar-refractivity contribution < 1.29 is 23.9 Å². The van der Waals surface area contributed by atoms with Crippen LogP contribution in [-0.2, 0) is 21.6 Å². The average molecular weight is 525 g/mol. The highest BCUT2D eigenvalue weighted by molar-refractivity contribution is 7.12. The molecule has 3 fully saturated rings. The molecule has 5 heterocycles. The maximum Gasteiger partial charge on any atom is 0.349 e. The van der Waals surface area contributed by atoms with E-state index >= 15 is 0 Å². The molecule has 5 nitrogen and oxygen atoms in total. The van der Waals surface area contributed by atoms with Crippen LogP contribution in [0.15, 0.2) is 71.9 Å². The molecule has 2 aromatic heterocycles. The van der Waals surface area contributed by atoms with Crippen LogP contribution in [0.4, 0.5) is 0 Å². The van der Waals surface area contributed by atoms with Crippen molar-refractivity contribution in [2.45, 2.75) is 37.4 Å². The minimum Gasteiger partial charge on any atom is -0.493 e. The number of carbonyl (C=O) groups is 1. The van der Waals surface area contributed by atoms with Gasteiger partial charge in [-0.3, -0.25) is 0 Å². The fraction of sp³-hybridized carbons (Fsp3) is 0.414. The SMILES string of the molecule is C=CCc1ccccc1OCCC[N+]12CCC(CC1)[C@@H](OC(=O)C(O)(c1cccs1)c1cccs1)C2. The van der Waals surface area contributed by atoms with Gasteiger partial charge in [-0.1, -0.05) is 36.4 Å². The highest BCUT2D eigenvalue weighted by Gasteiger charge is 2.51. The van der Waals surface area contributed by atoms with Gasteiger partial charge in [0.15, 0.2) is 6.10 Å². The Kier molecular flexibility index (Phi) is 7.62. The lowest BCUT2D eigenvalue weighted by Crippen LogP contribution is -2.65. The van der Waals surface area contributed by atoms with Crippen LogP contribution in [-0.4, -0.2) is 54.4 Å². The average Bonchev–Trinajstić information content (AvgIpc) is 3.63. The summed E-state index contributed by atoms with van der Waals surface area (Å²) in [5.41, 5.74) is -0.583. The first kappa shape index (κ1) is 25.2. The second-order valence-corrected chi connectivity index (χ2v) is 11.8. The third kappa shape index (κ3) is 5.02. The standard InChI is InChI=1S/C29H34NO4S2/c1-2-8-22-9-3-4-10-24(22)33-18-7-15-30-16-13-23(14-17-30)25(21-30)34-28(31)29(32,26-11-5-19-35-26)27-12-6-20-36-27/h2-6,9-12,19-20,23,25,32H,1,7-8,13-18,21H2/q+1/t23?,25-,30?/m0/s1. The summed E-state index contributed by atoms with van der Waals surface area (Å²) in [5, 5.41) is 15.4. The first-order valence-electron chi connectivity index (χ1n) is 12.7. The first-order chi connectivity index (χ1) is 17.5. The molecule has 1 atom stereocenters. The van der Waals surface area contributed by atoms with Crippen molar-refractivity contribution in [2.75, 3.05) is 32.8 Å². The fourth-order valence-electron chi connectivity index (χ4n) is 5.73. The van der Waals surface area contributed by atoms with E-state index in [1.807, 2.05) is 59.3 Å². The number of benzene rings is 1. The molecular weight excluding hydrogens is 490 g/mol. The number of piperidine rings is 3. The zero-order valence-corrected chi connectivity index (χ0v) is 22.1. The molecule has 3 saturated heterocycles. The second kappa shape index (κ2) is 10.9. The van der Waals surface area contributed by atoms with Gasteiger partial charge in [-0.25, -0.2) is 4.79 Å². The lowest BCUT2D eigenvalue weighted by atomic mass is 9.83. The predicted molar refractivity (Wildman–Crippen MR) is 144 cm³/mol. The van der Waals surface area contributed by atoms with Crippen LogP contribution in [0.3, 0.4) is 0 Å². The maximum atomic E-state index is 13.5. The topological polar surface area (TPSA) is 55.8 Å². The number of para-hydroxylation sites is 1. The van der Waals surface area contributed by atoms with E-state index in [1.54, 1.807) is 0 Å². The van der Waals surface area contributed by atoms with Gasteiger partial charge in [0.05, 0.1) is 36.0 Å². The zero-order valence-electron chi connectivity index (χ0n) is 20.5. The molecule has 0 unspecified atom stereocenters. The Balaban J connectivity index is 1.22. The molecule has 1 aromatic carbocycles. The first-order valence-corrected chi connectivity index (χ1v) is 14.5. The third-order valence-corrected chi connectivity index (χ3v) is 9.68. The second-order valence-electron chi connectivity index (χ2n) is 9.94. The molecule has 0 spiro atoms. The number of esters is 1. The lowest BCUT2D eigenvalue weighted by Gasteiger charge is -2.52. The highest BCUT2D eigenvalue weighted by atomic mass is 32.1. The van der Waals surface area contributed by atoms with Crippen molar-refractivity contribution in [1.82, 2.24) is 0 Å². The number of fused-ring (bicyclic) bond motifs is 3. The molecule has 0 radical (unpaired) electrons. The summed E-state index contributed by atoms with van der Waals surface area (Å²) in [6.45, 7) is 8.56. The normalized spacial score (nSPS) is 23.4. The molecule has 190 valence electrons. The van der Waals surface area contributed by atoms with Crippen molar-refractivity contribution in [3.63, 3.8) is 0 Å². The van der Waals surface area contributed by atoms with Crippen molar-refractivity contribution in [3.05, 3.63) is 87.3 Å². The van der Waals surface area contributed by atoms with Crippen LogP contribution in [0.2, 0.25) is 0 Å². The quantitative estimate of drug-likeness (QED) is 0.158. The third-order valence-electron chi connectivity index (χ3n) is 7.72.